The molecule has 2 saturated heterocycles. The molecule has 38 heavy (non-hydrogen) atoms. The molecule has 1 N–H and O–H groups in total. The van der Waals surface area contributed by atoms with Gasteiger partial charge in [0.15, 0.2) is 5.11 Å². The zero-order chi connectivity index (χ0) is 27.1. The summed E-state index contributed by atoms with van der Waals surface area (Å²) in [7, 11) is 0. The van der Waals surface area contributed by atoms with Crippen molar-refractivity contribution < 1.29 is 14.3 Å². The van der Waals surface area contributed by atoms with Crippen molar-refractivity contribution in [2.75, 3.05) is 43.0 Å². The van der Waals surface area contributed by atoms with Crippen molar-refractivity contribution in [3.63, 3.8) is 0 Å². The molecule has 0 radical (unpaired) electrons. The lowest BCUT2D eigenvalue weighted by Crippen LogP contribution is -2.40. The smallest absolute Gasteiger partial charge is 0.256 e. The highest BCUT2D eigenvalue weighted by molar-refractivity contribution is 7.80. The van der Waals surface area contributed by atoms with E-state index in [1.165, 1.54) is 17.7 Å². The van der Waals surface area contributed by atoms with E-state index in [4.69, 9.17) is 28.6 Å². The van der Waals surface area contributed by atoms with E-state index in [1.807, 2.05) is 23.1 Å². The fourth-order valence-electron chi connectivity index (χ4n) is 4.93. The fraction of sp³-hybridized carbons (Fsp3) is 0.483. The van der Waals surface area contributed by atoms with Gasteiger partial charge in [0.1, 0.15) is 11.8 Å². The Labute approximate surface area is 236 Å². The summed E-state index contributed by atoms with van der Waals surface area (Å²) in [6.45, 7) is 8.76. The van der Waals surface area contributed by atoms with E-state index in [2.05, 4.69) is 24.1 Å². The van der Waals surface area contributed by atoms with Crippen LogP contribution in [0.15, 0.2) is 48.5 Å². The van der Waals surface area contributed by atoms with Gasteiger partial charge in [0.2, 0.25) is 5.91 Å². The molecular weight excluding hydrogens is 520 g/mol. The Morgan fingerprint density at radius 1 is 1.13 bits per heavy atom. The maximum atomic E-state index is 13.6. The van der Waals surface area contributed by atoms with Crippen LogP contribution in [0.25, 0.3) is 0 Å². The Morgan fingerprint density at radius 2 is 1.87 bits per heavy atom. The van der Waals surface area contributed by atoms with Gasteiger partial charge >= 0.3 is 0 Å². The van der Waals surface area contributed by atoms with Gasteiger partial charge in [0.25, 0.3) is 5.91 Å². The Hall–Kier alpha value is -2.68. The maximum Gasteiger partial charge on any atom is 0.256 e. The third-order valence-electron chi connectivity index (χ3n) is 7.12. The monoisotopic (exact) mass is 556 g/mol. The number of likely N-dealkylation sites (tertiary alicyclic amines) is 1. The van der Waals surface area contributed by atoms with Crippen molar-refractivity contribution in [3.8, 4) is 5.75 Å². The number of halogens is 1. The van der Waals surface area contributed by atoms with Crippen LogP contribution in [0.5, 0.6) is 5.75 Å². The Bertz CT molecular complexity index is 1120. The van der Waals surface area contributed by atoms with Crippen molar-refractivity contribution >= 4 is 52.1 Å². The molecular formula is C29H37ClN4O3S. The number of hydrogen-bond donors (Lipinski definition) is 1. The minimum Gasteiger partial charge on any atom is -0.494 e. The normalized spacial score (nSPS) is 18.8. The molecule has 2 aliphatic rings. The van der Waals surface area contributed by atoms with Crippen LogP contribution >= 0.6 is 23.8 Å². The van der Waals surface area contributed by atoms with Gasteiger partial charge < -0.3 is 19.9 Å². The molecule has 2 fully saturated rings. The minimum absolute atomic E-state index is 0.00531. The van der Waals surface area contributed by atoms with E-state index in [-0.39, 0.29) is 18.2 Å². The number of carbonyl (C=O) groups is 2. The second kappa shape index (κ2) is 13.4. The summed E-state index contributed by atoms with van der Waals surface area (Å²) in [4.78, 5) is 32.6. The molecule has 2 aromatic rings. The molecule has 1 atom stereocenters. The van der Waals surface area contributed by atoms with E-state index in [0.29, 0.717) is 34.7 Å². The number of anilines is 2. The molecule has 2 aromatic carbocycles. The van der Waals surface area contributed by atoms with Crippen LogP contribution in [0, 0.1) is 5.92 Å². The molecule has 0 bridgehead atoms. The van der Waals surface area contributed by atoms with Crippen molar-refractivity contribution in [2.24, 2.45) is 5.92 Å². The molecule has 2 heterocycles. The second-order valence-electron chi connectivity index (χ2n) is 10.1. The number of rotatable bonds is 11. The maximum absolute atomic E-state index is 13.6. The number of nitrogens with zero attached hydrogens (tertiary/aromatic N) is 3. The topological polar surface area (TPSA) is 65.1 Å². The highest BCUT2D eigenvalue weighted by atomic mass is 35.5. The highest BCUT2D eigenvalue weighted by Gasteiger charge is 2.44. The minimum atomic E-state index is -0.671. The molecule has 7 nitrogen and oxygen atoms in total. The number of amides is 2. The first kappa shape index (κ1) is 28.3. The zero-order valence-corrected chi connectivity index (χ0v) is 23.8. The van der Waals surface area contributed by atoms with Crippen molar-refractivity contribution in [3.05, 3.63) is 53.6 Å². The van der Waals surface area contributed by atoms with Gasteiger partial charge in [0.05, 0.1) is 18.7 Å². The van der Waals surface area contributed by atoms with Crippen molar-refractivity contribution in [1.82, 2.24) is 9.80 Å². The van der Waals surface area contributed by atoms with E-state index < -0.39 is 6.04 Å². The zero-order valence-electron chi connectivity index (χ0n) is 22.2. The molecule has 0 spiro atoms. The predicted molar refractivity (Wildman–Crippen MR) is 157 cm³/mol. The SMILES string of the molecule is CCCOc1ccc(NC(=O)C[C@H]2C(=O)N(c3cccc(Cl)c3)C(=S)N2CCCN2CCC(C)CC2)cc1. The van der Waals surface area contributed by atoms with Crippen molar-refractivity contribution in [1.29, 1.82) is 0 Å². The van der Waals surface area contributed by atoms with Gasteiger partial charge in [-0.3, -0.25) is 14.5 Å². The highest BCUT2D eigenvalue weighted by Crippen LogP contribution is 2.29. The summed E-state index contributed by atoms with van der Waals surface area (Å²) >= 11 is 12.0. The number of carbonyl (C=O) groups excluding carboxylic acids is 2. The van der Waals surface area contributed by atoms with Gasteiger partial charge in [-0.05, 0) is 106 Å². The van der Waals surface area contributed by atoms with E-state index in [9.17, 15) is 9.59 Å². The second-order valence-corrected chi connectivity index (χ2v) is 10.9. The standard InChI is InChI=1S/C29H37ClN4O3S/c1-3-18-37-25-10-8-23(9-11-25)31-27(35)20-26-28(36)34(24-7-4-6-22(30)19-24)29(38)33(26)15-5-14-32-16-12-21(2)13-17-32/h4,6-11,19,21,26H,3,5,12-18,20H2,1-2H3,(H,31,35)/t26-/m0/s1. The van der Waals surface area contributed by atoms with E-state index >= 15 is 0 Å². The first-order valence-electron chi connectivity index (χ1n) is 13.5. The molecule has 204 valence electrons. The third-order valence-corrected chi connectivity index (χ3v) is 7.78. The molecule has 9 heteroatoms. The lowest BCUT2D eigenvalue weighted by molar-refractivity contribution is -0.124. The number of nitrogens with one attached hydrogen (secondary N) is 1. The molecule has 0 saturated carbocycles. The van der Waals surface area contributed by atoms with Gasteiger partial charge in [-0.1, -0.05) is 31.5 Å². The lowest BCUT2D eigenvalue weighted by atomic mass is 9.99. The van der Waals surface area contributed by atoms with Crippen LogP contribution in [0.3, 0.4) is 0 Å². The predicted octanol–water partition coefficient (Wildman–Crippen LogP) is 5.58. The van der Waals surface area contributed by atoms with Gasteiger partial charge in [-0.2, -0.15) is 0 Å². The van der Waals surface area contributed by atoms with Gasteiger partial charge in [0, 0.05) is 17.3 Å². The number of benzene rings is 2. The largest absolute Gasteiger partial charge is 0.494 e. The van der Waals surface area contributed by atoms with Crippen LogP contribution in [0.1, 0.15) is 46.0 Å². The van der Waals surface area contributed by atoms with E-state index in [1.54, 1.807) is 30.3 Å². The quantitative estimate of drug-likeness (QED) is 0.364. The average Bonchev–Trinajstić information content (AvgIpc) is 3.13. The molecule has 0 aromatic heterocycles. The van der Waals surface area contributed by atoms with Gasteiger partial charge in [-0.25, -0.2) is 0 Å². The first-order valence-corrected chi connectivity index (χ1v) is 14.3. The average molecular weight is 557 g/mol. The number of thiocarbonyl (C=S) groups is 1. The van der Waals surface area contributed by atoms with Crippen LogP contribution in [0.4, 0.5) is 11.4 Å². The Morgan fingerprint density at radius 3 is 2.55 bits per heavy atom. The van der Waals surface area contributed by atoms with Crippen LogP contribution in [-0.4, -0.2) is 65.6 Å². The van der Waals surface area contributed by atoms with Gasteiger partial charge in [-0.15, -0.1) is 0 Å². The third kappa shape index (κ3) is 7.24. The molecule has 0 aliphatic carbocycles. The summed E-state index contributed by atoms with van der Waals surface area (Å²) in [5.41, 5.74) is 1.28. The summed E-state index contributed by atoms with van der Waals surface area (Å²) in [5.74, 6) is 1.09. The number of piperidine rings is 1. The Kier molecular flexibility index (Phi) is 9.99. The first-order chi connectivity index (χ1) is 18.4. The lowest BCUT2D eigenvalue weighted by Gasteiger charge is -2.31. The summed E-state index contributed by atoms with van der Waals surface area (Å²) in [6, 6.07) is 13.7. The number of hydrogen-bond acceptors (Lipinski definition) is 5. The molecule has 0 unspecified atom stereocenters. The summed E-state index contributed by atoms with van der Waals surface area (Å²) in [6.07, 6.45) is 4.24. The summed E-state index contributed by atoms with van der Waals surface area (Å²) in [5, 5.41) is 3.86. The molecule has 4 rings (SSSR count). The van der Waals surface area contributed by atoms with Crippen LogP contribution in [-0.2, 0) is 9.59 Å². The van der Waals surface area contributed by atoms with Crippen LogP contribution in [0.2, 0.25) is 5.02 Å². The van der Waals surface area contributed by atoms with E-state index in [0.717, 1.165) is 44.1 Å². The number of ether oxygens (including phenoxy) is 1. The van der Waals surface area contributed by atoms with Crippen molar-refractivity contribution in [2.45, 2.75) is 52.0 Å². The molecule has 2 amide bonds. The summed E-state index contributed by atoms with van der Waals surface area (Å²) < 4.78 is 5.61. The molecule has 2 aliphatic heterocycles. The fourth-order valence-corrected chi connectivity index (χ4v) is 5.53. The Balaban J connectivity index is 1.43. The van der Waals surface area contributed by atoms with Crippen LogP contribution < -0.4 is 15.0 Å².